The second-order valence-corrected chi connectivity index (χ2v) is 8.56. The molecule has 1 saturated heterocycles. The number of nitrogens with one attached hydrogen (secondary N) is 1. The first kappa shape index (κ1) is 15.7. The number of fused-ring (bicyclic) bond motifs is 2. The maximum atomic E-state index is 13.0. The van der Waals surface area contributed by atoms with Gasteiger partial charge in [-0.3, -0.25) is 4.79 Å². The molecule has 0 bridgehead atoms. The highest BCUT2D eigenvalue weighted by Gasteiger charge is 2.63. The van der Waals surface area contributed by atoms with Gasteiger partial charge in [0.1, 0.15) is 0 Å². The summed E-state index contributed by atoms with van der Waals surface area (Å²) in [4.78, 5) is 18.3. The van der Waals surface area contributed by atoms with Crippen molar-refractivity contribution in [3.05, 3.63) is 35.0 Å². The third-order valence-electron chi connectivity index (χ3n) is 6.56. The zero-order valence-electron chi connectivity index (χ0n) is 14.9. The number of H-pyrrole nitrogens is 1. The smallest absolute Gasteiger partial charge is 0.253 e. The minimum atomic E-state index is -0.0795. The van der Waals surface area contributed by atoms with Crippen molar-refractivity contribution in [3.8, 4) is 0 Å². The second kappa shape index (κ2) is 4.85. The van der Waals surface area contributed by atoms with Gasteiger partial charge in [0.05, 0.1) is 6.61 Å². The largest absolute Gasteiger partial charge is 0.396 e. The van der Waals surface area contributed by atoms with Gasteiger partial charge in [-0.05, 0) is 55.4 Å². The summed E-state index contributed by atoms with van der Waals surface area (Å²) in [5, 5.41) is 11.0. The molecule has 1 aliphatic heterocycles. The number of aromatic amines is 1. The van der Waals surface area contributed by atoms with Crippen molar-refractivity contribution in [2.45, 2.75) is 34.1 Å². The molecule has 2 aromatic rings. The number of hydrogen-bond acceptors (Lipinski definition) is 2. The van der Waals surface area contributed by atoms with Gasteiger partial charge in [-0.1, -0.05) is 13.8 Å². The number of benzene rings is 1. The second-order valence-electron chi connectivity index (χ2n) is 8.56. The summed E-state index contributed by atoms with van der Waals surface area (Å²) in [5.74, 6) is 0.493. The Kier molecular flexibility index (Phi) is 3.17. The van der Waals surface area contributed by atoms with E-state index in [1.165, 1.54) is 5.56 Å². The summed E-state index contributed by atoms with van der Waals surface area (Å²) in [5.41, 5.74) is 4.32. The van der Waals surface area contributed by atoms with Crippen molar-refractivity contribution >= 4 is 16.8 Å². The average molecular weight is 326 g/mol. The fraction of sp³-hybridized carbons (Fsp3) is 0.550. The zero-order valence-corrected chi connectivity index (χ0v) is 14.9. The molecular weight excluding hydrogens is 300 g/mol. The van der Waals surface area contributed by atoms with Crippen LogP contribution in [0.5, 0.6) is 0 Å². The summed E-state index contributed by atoms with van der Waals surface area (Å²) in [7, 11) is 0. The van der Waals surface area contributed by atoms with E-state index in [-0.39, 0.29) is 23.3 Å². The van der Waals surface area contributed by atoms with E-state index in [1.807, 2.05) is 23.1 Å². The molecule has 1 aromatic carbocycles. The van der Waals surface area contributed by atoms with Gasteiger partial charge in [0.25, 0.3) is 5.91 Å². The Hall–Kier alpha value is -1.81. The van der Waals surface area contributed by atoms with Gasteiger partial charge in [0, 0.05) is 40.7 Å². The van der Waals surface area contributed by atoms with E-state index in [1.54, 1.807) is 0 Å². The number of amides is 1. The van der Waals surface area contributed by atoms with Crippen molar-refractivity contribution in [1.29, 1.82) is 0 Å². The lowest BCUT2D eigenvalue weighted by atomic mass is 9.48. The third-order valence-corrected chi connectivity index (χ3v) is 6.56. The summed E-state index contributed by atoms with van der Waals surface area (Å²) in [6.07, 6.45) is 1.00. The monoisotopic (exact) mass is 326 g/mol. The van der Waals surface area contributed by atoms with Gasteiger partial charge in [-0.15, -0.1) is 0 Å². The number of carbonyl (C=O) groups is 1. The minimum absolute atomic E-state index is 0.0795. The van der Waals surface area contributed by atoms with Crippen LogP contribution in [-0.2, 0) is 0 Å². The highest BCUT2D eigenvalue weighted by Crippen LogP contribution is 2.62. The molecule has 0 radical (unpaired) electrons. The molecule has 2 aliphatic rings. The van der Waals surface area contributed by atoms with Gasteiger partial charge >= 0.3 is 0 Å². The van der Waals surface area contributed by atoms with E-state index < -0.39 is 0 Å². The van der Waals surface area contributed by atoms with E-state index in [9.17, 15) is 9.90 Å². The van der Waals surface area contributed by atoms with Crippen LogP contribution in [0.1, 0.15) is 41.9 Å². The van der Waals surface area contributed by atoms with Crippen LogP contribution in [0.25, 0.3) is 10.9 Å². The standard InChI is InChI=1S/C20H26N2O2/c1-12-13(2)21-16-6-5-14(7-15(12)16)18(24)22-8-17-19(3,4)9-20(17,10-22)11-23/h5-7,17,21,23H,8-11H2,1-4H3/t17-,20-/m1/s1. The van der Waals surface area contributed by atoms with Gasteiger partial charge in [-0.25, -0.2) is 0 Å². The summed E-state index contributed by atoms with van der Waals surface area (Å²) < 4.78 is 0. The molecule has 4 heteroatoms. The molecule has 1 aromatic heterocycles. The summed E-state index contributed by atoms with van der Waals surface area (Å²) >= 11 is 0. The molecule has 1 saturated carbocycles. The van der Waals surface area contributed by atoms with Crippen LogP contribution in [0, 0.1) is 30.6 Å². The molecule has 2 fully saturated rings. The van der Waals surface area contributed by atoms with E-state index in [0.29, 0.717) is 12.5 Å². The van der Waals surface area contributed by atoms with Gasteiger partial charge < -0.3 is 15.0 Å². The molecule has 2 heterocycles. The Morgan fingerprint density at radius 1 is 1.38 bits per heavy atom. The topological polar surface area (TPSA) is 56.3 Å². The minimum Gasteiger partial charge on any atom is -0.396 e. The number of aromatic nitrogens is 1. The lowest BCUT2D eigenvalue weighted by molar-refractivity contribution is -0.0976. The number of carbonyl (C=O) groups excluding carboxylic acids is 1. The van der Waals surface area contributed by atoms with Gasteiger partial charge in [0.15, 0.2) is 0 Å². The van der Waals surface area contributed by atoms with Crippen LogP contribution < -0.4 is 0 Å². The van der Waals surface area contributed by atoms with Crippen LogP contribution >= 0.6 is 0 Å². The van der Waals surface area contributed by atoms with Crippen molar-refractivity contribution < 1.29 is 9.90 Å². The predicted octanol–water partition coefficient (Wildman–Crippen LogP) is 3.27. The first-order valence-electron chi connectivity index (χ1n) is 8.76. The highest BCUT2D eigenvalue weighted by atomic mass is 16.3. The zero-order chi connectivity index (χ0) is 17.3. The van der Waals surface area contributed by atoms with Gasteiger partial charge in [-0.2, -0.15) is 0 Å². The van der Waals surface area contributed by atoms with Gasteiger partial charge in [0.2, 0.25) is 0 Å². The van der Waals surface area contributed by atoms with E-state index in [4.69, 9.17) is 0 Å². The normalized spacial score (nSPS) is 28.0. The molecule has 2 N–H and O–H groups in total. The molecule has 4 rings (SSSR count). The number of likely N-dealkylation sites (tertiary alicyclic amines) is 1. The third kappa shape index (κ3) is 1.99. The number of nitrogens with zero attached hydrogens (tertiary/aromatic N) is 1. The lowest BCUT2D eigenvalue weighted by Gasteiger charge is -2.55. The molecule has 2 atom stereocenters. The number of hydrogen-bond donors (Lipinski definition) is 2. The van der Waals surface area contributed by atoms with E-state index in [0.717, 1.165) is 35.1 Å². The molecule has 4 nitrogen and oxygen atoms in total. The fourth-order valence-electron chi connectivity index (χ4n) is 5.27. The summed E-state index contributed by atoms with van der Waals surface area (Å²) in [6.45, 7) is 10.3. The molecule has 0 unspecified atom stereocenters. The molecule has 128 valence electrons. The molecular formula is C20H26N2O2. The van der Waals surface area contributed by atoms with Crippen molar-refractivity contribution in [1.82, 2.24) is 9.88 Å². The predicted molar refractivity (Wildman–Crippen MR) is 95.1 cm³/mol. The maximum absolute atomic E-state index is 13.0. The first-order chi connectivity index (χ1) is 11.3. The van der Waals surface area contributed by atoms with E-state index >= 15 is 0 Å². The number of aliphatic hydroxyl groups excluding tert-OH is 1. The molecule has 1 amide bonds. The number of aryl methyl sites for hydroxylation is 2. The Morgan fingerprint density at radius 3 is 2.75 bits per heavy atom. The summed E-state index contributed by atoms with van der Waals surface area (Å²) in [6, 6.07) is 5.92. The van der Waals surface area contributed by atoms with Crippen LogP contribution in [-0.4, -0.2) is 40.6 Å². The van der Waals surface area contributed by atoms with E-state index in [2.05, 4.69) is 32.7 Å². The average Bonchev–Trinajstić information content (AvgIpc) is 3.02. The highest BCUT2D eigenvalue weighted by molar-refractivity contribution is 5.99. The Balaban J connectivity index is 1.64. The fourth-order valence-corrected chi connectivity index (χ4v) is 5.27. The Bertz CT molecular complexity index is 836. The first-order valence-corrected chi connectivity index (χ1v) is 8.76. The number of aliphatic hydroxyl groups is 1. The SMILES string of the molecule is Cc1[nH]c2ccc(C(=O)N3C[C@@H]4C(C)(C)C[C@]4(CO)C3)cc2c1C. The van der Waals surface area contributed by atoms with Crippen LogP contribution in [0.4, 0.5) is 0 Å². The Morgan fingerprint density at radius 2 is 2.12 bits per heavy atom. The quantitative estimate of drug-likeness (QED) is 0.890. The molecule has 0 spiro atoms. The number of rotatable bonds is 2. The van der Waals surface area contributed by atoms with Crippen LogP contribution in [0.2, 0.25) is 0 Å². The maximum Gasteiger partial charge on any atom is 0.253 e. The van der Waals surface area contributed by atoms with Crippen molar-refractivity contribution in [3.63, 3.8) is 0 Å². The van der Waals surface area contributed by atoms with Crippen molar-refractivity contribution in [2.24, 2.45) is 16.7 Å². The van der Waals surface area contributed by atoms with Crippen molar-refractivity contribution in [2.75, 3.05) is 19.7 Å². The molecule has 1 aliphatic carbocycles. The lowest BCUT2D eigenvalue weighted by Crippen LogP contribution is -2.54. The van der Waals surface area contributed by atoms with Crippen LogP contribution in [0.3, 0.4) is 0 Å². The van der Waals surface area contributed by atoms with Crippen LogP contribution in [0.15, 0.2) is 18.2 Å². The molecule has 24 heavy (non-hydrogen) atoms. The Labute approximate surface area is 142 Å².